The van der Waals surface area contributed by atoms with Gasteiger partial charge in [-0.15, -0.1) is 0 Å². The Labute approximate surface area is 96.1 Å². The minimum Gasteiger partial charge on any atom is -0.465 e. The van der Waals surface area contributed by atoms with E-state index < -0.39 is 0 Å². The molecule has 1 aromatic carbocycles. The fourth-order valence-corrected chi connectivity index (χ4v) is 1.60. The van der Waals surface area contributed by atoms with Gasteiger partial charge in [0.2, 0.25) is 0 Å². The number of esters is 1. The predicted octanol–water partition coefficient (Wildman–Crippen LogP) is 2.10. The number of carbonyl (C=O) groups excluding carboxylic acids is 1. The number of methoxy groups -OCH3 is 1. The zero-order valence-electron chi connectivity index (χ0n) is 9.99. The lowest BCUT2D eigenvalue weighted by Crippen LogP contribution is -2.05. The quantitative estimate of drug-likeness (QED) is 0.793. The van der Waals surface area contributed by atoms with Gasteiger partial charge < -0.3 is 9.84 Å². The molecule has 0 amide bonds. The van der Waals surface area contributed by atoms with Gasteiger partial charge in [-0.25, -0.2) is 4.79 Å². The minimum absolute atomic E-state index is 0.291. The average Bonchev–Trinajstić information content (AvgIpc) is 2.25. The van der Waals surface area contributed by atoms with Crippen LogP contribution in [0.2, 0.25) is 0 Å². The molecule has 0 heterocycles. The summed E-state index contributed by atoms with van der Waals surface area (Å²) in [5.41, 5.74) is 2.64. The molecule has 88 valence electrons. The summed E-state index contributed by atoms with van der Waals surface area (Å²) in [6.07, 6.45) is 1.26. The molecule has 0 spiro atoms. The highest BCUT2D eigenvalue weighted by molar-refractivity contribution is 5.90. The highest BCUT2D eigenvalue weighted by Gasteiger charge is 2.09. The van der Waals surface area contributed by atoms with Crippen LogP contribution in [0.1, 0.15) is 34.8 Å². The van der Waals surface area contributed by atoms with Gasteiger partial charge in [-0.3, -0.25) is 0 Å². The lowest BCUT2D eigenvalue weighted by atomic mass is 10.0. The number of aliphatic hydroxyl groups is 1. The molecular weight excluding hydrogens is 204 g/mol. The largest absolute Gasteiger partial charge is 0.465 e. The SMILES string of the molecule is COC(=O)c1ccc(CCC(C)O)cc1C. The monoisotopic (exact) mass is 222 g/mol. The Morgan fingerprint density at radius 1 is 1.50 bits per heavy atom. The Kier molecular flexibility index (Phi) is 4.50. The van der Waals surface area contributed by atoms with Gasteiger partial charge in [-0.05, 0) is 43.9 Å². The van der Waals surface area contributed by atoms with E-state index in [-0.39, 0.29) is 12.1 Å². The first-order valence-corrected chi connectivity index (χ1v) is 5.40. The standard InChI is InChI=1S/C13H18O3/c1-9-8-11(5-4-10(2)14)6-7-12(9)13(15)16-3/h6-8,10,14H,4-5H2,1-3H3. The Morgan fingerprint density at radius 3 is 2.69 bits per heavy atom. The molecule has 1 unspecified atom stereocenters. The second kappa shape index (κ2) is 5.66. The van der Waals surface area contributed by atoms with Crippen molar-refractivity contribution in [2.75, 3.05) is 7.11 Å². The summed E-state index contributed by atoms with van der Waals surface area (Å²) in [5, 5.41) is 9.19. The van der Waals surface area contributed by atoms with Crippen LogP contribution >= 0.6 is 0 Å². The molecule has 3 nitrogen and oxygen atoms in total. The summed E-state index contributed by atoms with van der Waals surface area (Å²) in [7, 11) is 1.38. The first kappa shape index (κ1) is 12.7. The molecule has 1 aromatic rings. The topological polar surface area (TPSA) is 46.5 Å². The van der Waals surface area contributed by atoms with E-state index in [0.29, 0.717) is 5.56 Å². The third kappa shape index (κ3) is 3.35. The van der Waals surface area contributed by atoms with Crippen molar-refractivity contribution in [3.05, 3.63) is 34.9 Å². The van der Waals surface area contributed by atoms with Crippen molar-refractivity contribution < 1.29 is 14.6 Å². The Hall–Kier alpha value is -1.35. The maximum atomic E-state index is 11.3. The van der Waals surface area contributed by atoms with Crippen LogP contribution in [0.4, 0.5) is 0 Å². The van der Waals surface area contributed by atoms with Gasteiger partial charge >= 0.3 is 5.97 Å². The Bertz CT molecular complexity index is 369. The molecular formula is C13H18O3. The fraction of sp³-hybridized carbons (Fsp3) is 0.462. The number of benzene rings is 1. The molecule has 0 fully saturated rings. The molecule has 0 radical (unpaired) electrons. The van der Waals surface area contributed by atoms with E-state index in [9.17, 15) is 9.90 Å². The summed E-state index contributed by atoms with van der Waals surface area (Å²) >= 11 is 0. The molecule has 1 rings (SSSR count). The van der Waals surface area contributed by atoms with Crippen LogP contribution in [0.25, 0.3) is 0 Å². The summed E-state index contributed by atoms with van der Waals surface area (Å²) in [5.74, 6) is -0.306. The molecule has 16 heavy (non-hydrogen) atoms. The van der Waals surface area contributed by atoms with Gasteiger partial charge in [0, 0.05) is 0 Å². The average molecular weight is 222 g/mol. The van der Waals surface area contributed by atoms with E-state index >= 15 is 0 Å². The van der Waals surface area contributed by atoms with Crippen molar-refractivity contribution in [3.63, 3.8) is 0 Å². The third-order valence-corrected chi connectivity index (χ3v) is 2.55. The molecule has 1 atom stereocenters. The number of aryl methyl sites for hydroxylation is 2. The lowest BCUT2D eigenvalue weighted by molar-refractivity contribution is 0.0600. The normalized spacial score (nSPS) is 12.2. The van der Waals surface area contributed by atoms with E-state index in [0.717, 1.165) is 24.0 Å². The second-order valence-corrected chi connectivity index (χ2v) is 4.03. The van der Waals surface area contributed by atoms with Crippen LogP contribution in [0, 0.1) is 6.92 Å². The molecule has 0 saturated heterocycles. The van der Waals surface area contributed by atoms with Gasteiger partial charge in [-0.1, -0.05) is 12.1 Å². The second-order valence-electron chi connectivity index (χ2n) is 4.03. The highest BCUT2D eigenvalue weighted by atomic mass is 16.5. The zero-order valence-corrected chi connectivity index (χ0v) is 9.99. The van der Waals surface area contributed by atoms with Gasteiger partial charge in [0.1, 0.15) is 0 Å². The van der Waals surface area contributed by atoms with Crippen molar-refractivity contribution in [2.24, 2.45) is 0 Å². The summed E-state index contributed by atoms with van der Waals surface area (Å²) in [6, 6.07) is 5.65. The van der Waals surface area contributed by atoms with Gasteiger partial charge in [-0.2, -0.15) is 0 Å². The van der Waals surface area contributed by atoms with Crippen LogP contribution in [-0.2, 0) is 11.2 Å². The zero-order chi connectivity index (χ0) is 12.1. The van der Waals surface area contributed by atoms with Crippen molar-refractivity contribution in [3.8, 4) is 0 Å². The van der Waals surface area contributed by atoms with Crippen LogP contribution in [0.15, 0.2) is 18.2 Å². The minimum atomic E-state index is -0.306. The van der Waals surface area contributed by atoms with Crippen LogP contribution in [0.3, 0.4) is 0 Å². The molecule has 3 heteroatoms. The van der Waals surface area contributed by atoms with Crippen LogP contribution in [-0.4, -0.2) is 24.3 Å². The Balaban J connectivity index is 2.78. The van der Waals surface area contributed by atoms with Gasteiger partial charge in [0.25, 0.3) is 0 Å². The van der Waals surface area contributed by atoms with E-state index in [2.05, 4.69) is 4.74 Å². The summed E-state index contributed by atoms with van der Waals surface area (Å²) in [6.45, 7) is 3.66. The molecule has 0 aliphatic heterocycles. The van der Waals surface area contributed by atoms with E-state index in [4.69, 9.17) is 0 Å². The first-order chi connectivity index (χ1) is 7.54. The van der Waals surface area contributed by atoms with Crippen molar-refractivity contribution in [1.82, 2.24) is 0 Å². The smallest absolute Gasteiger partial charge is 0.338 e. The van der Waals surface area contributed by atoms with Crippen molar-refractivity contribution in [2.45, 2.75) is 32.8 Å². The molecule has 0 saturated carbocycles. The third-order valence-electron chi connectivity index (χ3n) is 2.55. The first-order valence-electron chi connectivity index (χ1n) is 5.40. The maximum Gasteiger partial charge on any atom is 0.338 e. The van der Waals surface area contributed by atoms with Crippen molar-refractivity contribution in [1.29, 1.82) is 0 Å². The van der Waals surface area contributed by atoms with E-state index in [1.807, 2.05) is 19.1 Å². The predicted molar refractivity (Wildman–Crippen MR) is 62.5 cm³/mol. The molecule has 0 bridgehead atoms. The molecule has 0 aliphatic carbocycles. The van der Waals surface area contributed by atoms with Crippen molar-refractivity contribution >= 4 is 5.97 Å². The number of rotatable bonds is 4. The Morgan fingerprint density at radius 2 is 2.19 bits per heavy atom. The molecule has 0 aliphatic rings. The van der Waals surface area contributed by atoms with Crippen LogP contribution < -0.4 is 0 Å². The lowest BCUT2D eigenvalue weighted by Gasteiger charge is -2.08. The number of carbonyl (C=O) groups is 1. The van der Waals surface area contributed by atoms with Gasteiger partial charge in [0.15, 0.2) is 0 Å². The number of ether oxygens (including phenoxy) is 1. The van der Waals surface area contributed by atoms with Crippen LogP contribution in [0.5, 0.6) is 0 Å². The van der Waals surface area contributed by atoms with E-state index in [1.54, 1.807) is 13.0 Å². The molecule has 1 N–H and O–H groups in total. The summed E-state index contributed by atoms with van der Waals surface area (Å²) in [4.78, 5) is 11.3. The van der Waals surface area contributed by atoms with E-state index in [1.165, 1.54) is 7.11 Å². The number of hydrogen-bond acceptors (Lipinski definition) is 3. The molecule has 0 aromatic heterocycles. The van der Waals surface area contributed by atoms with Gasteiger partial charge in [0.05, 0.1) is 18.8 Å². The number of aliphatic hydroxyl groups excluding tert-OH is 1. The fourth-order valence-electron chi connectivity index (χ4n) is 1.60. The number of hydrogen-bond donors (Lipinski definition) is 1. The summed E-state index contributed by atoms with van der Waals surface area (Å²) < 4.78 is 4.68. The maximum absolute atomic E-state index is 11.3. The highest BCUT2D eigenvalue weighted by Crippen LogP contribution is 2.14.